The van der Waals surface area contributed by atoms with Crippen molar-refractivity contribution >= 4 is 16.3 Å². The van der Waals surface area contributed by atoms with Crippen LogP contribution >= 0.6 is 0 Å². The van der Waals surface area contributed by atoms with Gasteiger partial charge in [0, 0.05) is 6.54 Å². The van der Waals surface area contributed by atoms with Gasteiger partial charge < -0.3 is 4.79 Å². The van der Waals surface area contributed by atoms with Crippen molar-refractivity contribution in [2.75, 3.05) is 6.54 Å². The molecule has 1 aromatic rings. The molecule has 1 aromatic carbocycles. The van der Waals surface area contributed by atoms with Crippen LogP contribution in [-0.2, 0) is 14.8 Å². The van der Waals surface area contributed by atoms with Gasteiger partial charge in [-0.1, -0.05) is 24.6 Å². The summed E-state index contributed by atoms with van der Waals surface area (Å²) in [6.45, 7) is 0.431. The van der Waals surface area contributed by atoms with Gasteiger partial charge in [0.25, 0.3) is 0 Å². The van der Waals surface area contributed by atoms with E-state index < -0.39 is 16.1 Å². The Bertz CT molecular complexity index is 484. The Morgan fingerprint density at radius 2 is 1.88 bits per heavy atom. The lowest BCUT2D eigenvalue weighted by atomic mass is 10.1. The number of rotatable bonds is 3. The lowest BCUT2D eigenvalue weighted by Gasteiger charge is -2.31. The molecule has 0 spiro atoms. The molecule has 1 atom stereocenters. The number of carbonyl (C=O) groups is 1. The van der Waals surface area contributed by atoms with E-state index in [1.807, 2.05) is 0 Å². The highest BCUT2D eigenvalue weighted by Crippen LogP contribution is 2.24. The fourth-order valence-electron chi connectivity index (χ4n) is 2.09. The van der Waals surface area contributed by atoms with Crippen LogP contribution in [0.1, 0.15) is 19.3 Å². The third-order valence-electron chi connectivity index (χ3n) is 3.01. The standard InChI is InChI=1S/C12H15NO3S/c14-10-11-6-4-5-9-13(11)17(15,16)12-7-2-1-3-8-12/h1-3,7-8,10-11H,4-6,9H2. The van der Waals surface area contributed by atoms with Gasteiger partial charge >= 0.3 is 0 Å². The van der Waals surface area contributed by atoms with Crippen LogP contribution in [0.25, 0.3) is 0 Å². The van der Waals surface area contributed by atoms with Crippen LogP contribution in [0.15, 0.2) is 35.2 Å². The summed E-state index contributed by atoms with van der Waals surface area (Å²) in [5.74, 6) is 0. The number of sulfonamides is 1. The minimum atomic E-state index is -3.52. The maximum atomic E-state index is 12.3. The predicted octanol–water partition coefficient (Wildman–Crippen LogP) is 1.43. The maximum Gasteiger partial charge on any atom is 0.243 e. The zero-order valence-electron chi connectivity index (χ0n) is 9.45. The molecule has 1 fully saturated rings. The molecule has 0 bridgehead atoms. The first-order valence-corrected chi connectivity index (χ1v) is 7.12. The Morgan fingerprint density at radius 1 is 1.18 bits per heavy atom. The highest BCUT2D eigenvalue weighted by atomic mass is 32.2. The first kappa shape index (κ1) is 12.3. The van der Waals surface area contributed by atoms with Crippen molar-refractivity contribution in [1.82, 2.24) is 4.31 Å². The normalized spacial score (nSPS) is 22.2. The summed E-state index contributed by atoms with van der Waals surface area (Å²) in [7, 11) is -3.52. The van der Waals surface area contributed by atoms with E-state index in [0.717, 1.165) is 19.1 Å². The molecular weight excluding hydrogens is 238 g/mol. The Labute approximate surface area is 101 Å². The highest BCUT2D eigenvalue weighted by Gasteiger charge is 2.32. The number of aldehydes is 1. The molecule has 1 saturated heterocycles. The van der Waals surface area contributed by atoms with Crippen LogP contribution in [0.2, 0.25) is 0 Å². The summed E-state index contributed by atoms with van der Waals surface area (Å²) in [4.78, 5) is 11.2. The predicted molar refractivity (Wildman–Crippen MR) is 64.0 cm³/mol. The molecule has 17 heavy (non-hydrogen) atoms. The van der Waals surface area contributed by atoms with Gasteiger partial charge in [0.05, 0.1) is 10.9 Å². The van der Waals surface area contributed by atoms with Crippen LogP contribution in [0.4, 0.5) is 0 Å². The third kappa shape index (κ3) is 2.40. The average Bonchev–Trinajstić information content (AvgIpc) is 2.39. The summed E-state index contributed by atoms with van der Waals surface area (Å²) >= 11 is 0. The molecule has 4 nitrogen and oxygen atoms in total. The molecule has 5 heteroatoms. The Kier molecular flexibility index (Phi) is 3.59. The maximum absolute atomic E-state index is 12.3. The molecule has 92 valence electrons. The number of benzene rings is 1. The van der Waals surface area contributed by atoms with Gasteiger partial charge in [-0.2, -0.15) is 4.31 Å². The SMILES string of the molecule is O=CC1CCCCN1S(=O)(=O)c1ccccc1. The van der Waals surface area contributed by atoms with Gasteiger partial charge in [-0.05, 0) is 25.0 Å². The van der Waals surface area contributed by atoms with Crippen molar-refractivity contribution in [3.63, 3.8) is 0 Å². The van der Waals surface area contributed by atoms with E-state index >= 15 is 0 Å². The van der Waals surface area contributed by atoms with Crippen molar-refractivity contribution in [2.45, 2.75) is 30.2 Å². The van der Waals surface area contributed by atoms with E-state index in [0.29, 0.717) is 13.0 Å². The van der Waals surface area contributed by atoms with Gasteiger partial charge in [-0.3, -0.25) is 0 Å². The highest BCUT2D eigenvalue weighted by molar-refractivity contribution is 7.89. The van der Waals surface area contributed by atoms with E-state index in [4.69, 9.17) is 0 Å². The van der Waals surface area contributed by atoms with E-state index in [9.17, 15) is 13.2 Å². The lowest BCUT2D eigenvalue weighted by molar-refractivity contribution is -0.111. The van der Waals surface area contributed by atoms with E-state index in [1.165, 1.54) is 4.31 Å². The number of nitrogens with zero attached hydrogens (tertiary/aromatic N) is 1. The zero-order chi connectivity index (χ0) is 12.3. The van der Waals surface area contributed by atoms with Crippen molar-refractivity contribution in [1.29, 1.82) is 0 Å². The van der Waals surface area contributed by atoms with Crippen LogP contribution in [0.5, 0.6) is 0 Å². The van der Waals surface area contributed by atoms with Crippen LogP contribution < -0.4 is 0 Å². The minimum Gasteiger partial charge on any atom is -0.302 e. The lowest BCUT2D eigenvalue weighted by Crippen LogP contribution is -2.44. The number of hydrogen-bond donors (Lipinski definition) is 0. The molecule has 0 saturated carbocycles. The van der Waals surface area contributed by atoms with E-state index in [1.54, 1.807) is 30.3 Å². The van der Waals surface area contributed by atoms with Crippen molar-refractivity contribution in [2.24, 2.45) is 0 Å². The van der Waals surface area contributed by atoms with Crippen LogP contribution in [0.3, 0.4) is 0 Å². The molecule has 1 aliphatic heterocycles. The van der Waals surface area contributed by atoms with Crippen LogP contribution in [0, 0.1) is 0 Å². The molecule has 0 aromatic heterocycles. The van der Waals surface area contributed by atoms with Gasteiger partial charge in [-0.25, -0.2) is 8.42 Å². The fraction of sp³-hybridized carbons (Fsp3) is 0.417. The monoisotopic (exact) mass is 253 g/mol. The topological polar surface area (TPSA) is 54.5 Å². The van der Waals surface area contributed by atoms with Gasteiger partial charge in [-0.15, -0.1) is 0 Å². The minimum absolute atomic E-state index is 0.258. The van der Waals surface area contributed by atoms with Crippen molar-refractivity contribution in [3.8, 4) is 0 Å². The Balaban J connectivity index is 2.34. The van der Waals surface area contributed by atoms with Gasteiger partial charge in [0.2, 0.25) is 10.0 Å². The molecule has 0 radical (unpaired) electrons. The second-order valence-electron chi connectivity index (χ2n) is 4.13. The quantitative estimate of drug-likeness (QED) is 0.766. The van der Waals surface area contributed by atoms with E-state index in [-0.39, 0.29) is 4.90 Å². The molecule has 1 unspecified atom stereocenters. The molecule has 0 N–H and O–H groups in total. The average molecular weight is 253 g/mol. The molecule has 0 amide bonds. The van der Waals surface area contributed by atoms with Crippen molar-refractivity contribution in [3.05, 3.63) is 30.3 Å². The summed E-state index contributed by atoms with van der Waals surface area (Å²) in [6.07, 6.45) is 3.08. The third-order valence-corrected chi connectivity index (χ3v) is 4.94. The molecule has 0 aliphatic carbocycles. The Hall–Kier alpha value is -1.20. The Morgan fingerprint density at radius 3 is 2.53 bits per heavy atom. The number of hydrogen-bond acceptors (Lipinski definition) is 3. The summed E-state index contributed by atoms with van der Waals surface area (Å²) in [6, 6.07) is 7.76. The zero-order valence-corrected chi connectivity index (χ0v) is 10.3. The molecule has 2 rings (SSSR count). The molecular formula is C12H15NO3S. The second-order valence-corrected chi connectivity index (χ2v) is 6.02. The first-order chi connectivity index (χ1) is 8.16. The van der Waals surface area contributed by atoms with Crippen LogP contribution in [-0.4, -0.2) is 31.6 Å². The smallest absolute Gasteiger partial charge is 0.243 e. The second kappa shape index (κ2) is 4.98. The summed E-state index contributed by atoms with van der Waals surface area (Å²) in [5.41, 5.74) is 0. The first-order valence-electron chi connectivity index (χ1n) is 5.68. The number of carbonyl (C=O) groups excluding carboxylic acids is 1. The summed E-state index contributed by atoms with van der Waals surface area (Å²) in [5, 5.41) is 0. The molecule has 1 aliphatic rings. The largest absolute Gasteiger partial charge is 0.302 e. The number of piperidine rings is 1. The summed E-state index contributed by atoms with van der Waals surface area (Å²) < 4.78 is 26.0. The van der Waals surface area contributed by atoms with Gasteiger partial charge in [0.15, 0.2) is 0 Å². The van der Waals surface area contributed by atoms with E-state index in [2.05, 4.69) is 0 Å². The molecule has 1 heterocycles. The fourth-order valence-corrected chi connectivity index (χ4v) is 3.75. The van der Waals surface area contributed by atoms with Gasteiger partial charge in [0.1, 0.15) is 6.29 Å². The van der Waals surface area contributed by atoms with Crippen molar-refractivity contribution < 1.29 is 13.2 Å².